The highest BCUT2D eigenvalue weighted by Crippen LogP contribution is 2.29. The van der Waals surface area contributed by atoms with Crippen molar-refractivity contribution in [3.8, 4) is 0 Å². The summed E-state index contributed by atoms with van der Waals surface area (Å²) in [6.07, 6.45) is -1.68. The average Bonchev–Trinajstić information content (AvgIpc) is 2.47. The van der Waals surface area contributed by atoms with Crippen molar-refractivity contribution in [2.75, 3.05) is 13.2 Å². The van der Waals surface area contributed by atoms with E-state index < -0.39 is 11.7 Å². The third-order valence-electron chi connectivity index (χ3n) is 3.99. The van der Waals surface area contributed by atoms with Crippen LogP contribution in [0.15, 0.2) is 24.3 Å². The van der Waals surface area contributed by atoms with Gasteiger partial charge in [-0.1, -0.05) is 12.1 Å². The van der Waals surface area contributed by atoms with Gasteiger partial charge in [-0.15, -0.1) is 0 Å². The number of hydrogen-bond donors (Lipinski definition) is 1. The first-order chi connectivity index (χ1) is 10.4. The van der Waals surface area contributed by atoms with Crippen molar-refractivity contribution in [2.24, 2.45) is 0 Å². The van der Waals surface area contributed by atoms with Gasteiger partial charge in [-0.05, 0) is 31.9 Å². The first-order valence-corrected chi connectivity index (χ1v) is 7.59. The van der Waals surface area contributed by atoms with Crippen LogP contribution in [0, 0.1) is 0 Å². The van der Waals surface area contributed by atoms with E-state index in [4.69, 9.17) is 4.74 Å². The van der Waals surface area contributed by atoms with Crippen LogP contribution in [-0.4, -0.2) is 25.2 Å². The van der Waals surface area contributed by atoms with E-state index in [1.54, 1.807) is 13.0 Å². The third-order valence-corrected chi connectivity index (χ3v) is 3.99. The van der Waals surface area contributed by atoms with Crippen molar-refractivity contribution in [2.45, 2.75) is 44.9 Å². The number of halogens is 3. The molecule has 1 unspecified atom stereocenters. The van der Waals surface area contributed by atoms with Crippen molar-refractivity contribution in [3.05, 3.63) is 35.4 Å². The third kappa shape index (κ3) is 4.22. The summed E-state index contributed by atoms with van der Waals surface area (Å²) >= 11 is 0. The molecular formula is C16H21F3NO2+. The van der Waals surface area contributed by atoms with Gasteiger partial charge in [0.2, 0.25) is 0 Å². The second-order valence-corrected chi connectivity index (χ2v) is 5.58. The van der Waals surface area contributed by atoms with E-state index in [0.29, 0.717) is 18.7 Å². The van der Waals surface area contributed by atoms with Crippen molar-refractivity contribution in [1.82, 2.24) is 0 Å². The summed E-state index contributed by atoms with van der Waals surface area (Å²) in [5, 5.41) is 0. The molecule has 1 N–H and O–H groups in total. The van der Waals surface area contributed by atoms with E-state index in [0.717, 1.165) is 36.8 Å². The molecule has 22 heavy (non-hydrogen) atoms. The molecule has 1 saturated heterocycles. The number of likely N-dealkylation sites (tertiary alicyclic amines) is 1. The molecule has 2 atom stereocenters. The average molecular weight is 316 g/mol. The number of carbonyl (C=O) groups excluding carboxylic acids is 1. The molecule has 1 fully saturated rings. The first-order valence-electron chi connectivity index (χ1n) is 7.59. The Morgan fingerprint density at radius 2 is 2.14 bits per heavy atom. The Balaban J connectivity index is 2.12. The Bertz CT molecular complexity index is 516. The molecule has 1 aromatic carbocycles. The number of carbonyl (C=O) groups is 1. The van der Waals surface area contributed by atoms with Crippen LogP contribution in [0.1, 0.15) is 37.3 Å². The van der Waals surface area contributed by atoms with E-state index in [2.05, 4.69) is 0 Å². The molecule has 0 amide bonds. The second kappa shape index (κ2) is 7.13. The Hall–Kier alpha value is -1.56. The van der Waals surface area contributed by atoms with Gasteiger partial charge in [0, 0.05) is 12.0 Å². The van der Waals surface area contributed by atoms with Gasteiger partial charge in [0.15, 0.2) is 6.04 Å². The lowest BCUT2D eigenvalue weighted by Gasteiger charge is -2.31. The maximum Gasteiger partial charge on any atom is 0.416 e. The van der Waals surface area contributed by atoms with E-state index in [1.807, 2.05) is 0 Å². The molecule has 122 valence electrons. The Labute approximate surface area is 128 Å². The zero-order chi connectivity index (χ0) is 16.2. The second-order valence-electron chi connectivity index (χ2n) is 5.58. The van der Waals surface area contributed by atoms with Gasteiger partial charge < -0.3 is 9.64 Å². The molecule has 3 nitrogen and oxygen atoms in total. The molecule has 0 aliphatic carbocycles. The summed E-state index contributed by atoms with van der Waals surface area (Å²) in [4.78, 5) is 13.0. The number of hydrogen-bond acceptors (Lipinski definition) is 2. The van der Waals surface area contributed by atoms with E-state index in [1.165, 1.54) is 12.1 Å². The Kier molecular flexibility index (Phi) is 5.45. The topological polar surface area (TPSA) is 30.7 Å². The maximum absolute atomic E-state index is 12.8. The molecular weight excluding hydrogens is 295 g/mol. The lowest BCUT2D eigenvalue weighted by molar-refractivity contribution is -0.935. The smallest absolute Gasteiger partial charge is 0.416 e. The molecule has 0 bridgehead atoms. The standard InChI is InChI=1S/C16H20F3NO2/c1-2-22-15(21)14-8-3-4-9-20(14)11-12-6-5-7-13(10-12)16(17,18)19/h5-7,10,14H,2-4,8-9,11H2,1H3/p+1/t14-/m0/s1. The van der Waals surface area contributed by atoms with E-state index >= 15 is 0 Å². The molecule has 2 rings (SSSR count). The molecule has 6 heteroatoms. The van der Waals surface area contributed by atoms with Crippen LogP contribution < -0.4 is 4.90 Å². The highest BCUT2D eigenvalue weighted by Gasteiger charge is 2.34. The Morgan fingerprint density at radius 3 is 2.82 bits per heavy atom. The lowest BCUT2D eigenvalue weighted by Crippen LogP contribution is -3.16. The van der Waals surface area contributed by atoms with Gasteiger partial charge in [-0.3, -0.25) is 0 Å². The number of alkyl halides is 3. The predicted molar refractivity (Wildman–Crippen MR) is 75.2 cm³/mol. The van der Waals surface area contributed by atoms with Crippen LogP contribution in [-0.2, 0) is 22.3 Å². The minimum Gasteiger partial charge on any atom is -0.462 e. The van der Waals surface area contributed by atoms with Crippen LogP contribution in [0.4, 0.5) is 13.2 Å². The number of rotatable bonds is 4. The molecule has 1 aliphatic heterocycles. The summed E-state index contributed by atoms with van der Waals surface area (Å²) in [6, 6.07) is 5.06. The van der Waals surface area contributed by atoms with Crippen LogP contribution >= 0.6 is 0 Å². The number of ether oxygens (including phenoxy) is 1. The SMILES string of the molecule is CCOC(=O)[C@@H]1CCCC[NH+]1Cc1cccc(C(F)(F)F)c1. The van der Waals surface area contributed by atoms with E-state index in [-0.39, 0.29) is 12.0 Å². The van der Waals surface area contributed by atoms with E-state index in [9.17, 15) is 18.0 Å². The van der Waals surface area contributed by atoms with Crippen LogP contribution in [0.2, 0.25) is 0 Å². The summed E-state index contributed by atoms with van der Waals surface area (Å²) in [5.74, 6) is -0.246. The molecule has 1 heterocycles. The van der Waals surface area contributed by atoms with Crippen molar-refractivity contribution < 1.29 is 27.6 Å². The number of esters is 1. The van der Waals surface area contributed by atoms with Crippen molar-refractivity contribution in [1.29, 1.82) is 0 Å². The zero-order valence-electron chi connectivity index (χ0n) is 12.6. The fourth-order valence-electron chi connectivity index (χ4n) is 2.94. The molecule has 0 spiro atoms. The summed E-state index contributed by atoms with van der Waals surface area (Å²) in [5.41, 5.74) is -0.0462. The molecule has 1 aliphatic rings. The number of nitrogens with one attached hydrogen (secondary N) is 1. The summed E-state index contributed by atoms with van der Waals surface area (Å²) < 4.78 is 43.4. The minimum absolute atomic E-state index is 0.246. The number of quaternary nitrogens is 1. The lowest BCUT2D eigenvalue weighted by atomic mass is 10.0. The van der Waals surface area contributed by atoms with Crippen molar-refractivity contribution in [3.63, 3.8) is 0 Å². The predicted octanol–water partition coefficient (Wildman–Crippen LogP) is 2.21. The molecule has 0 radical (unpaired) electrons. The normalized spacial score (nSPS) is 22.4. The van der Waals surface area contributed by atoms with Gasteiger partial charge in [0.1, 0.15) is 6.54 Å². The van der Waals surface area contributed by atoms with Gasteiger partial charge in [0.25, 0.3) is 0 Å². The summed E-state index contributed by atoms with van der Waals surface area (Å²) in [6.45, 7) is 3.27. The van der Waals surface area contributed by atoms with Gasteiger partial charge in [-0.2, -0.15) is 13.2 Å². The molecule has 1 aromatic rings. The van der Waals surface area contributed by atoms with Gasteiger partial charge >= 0.3 is 12.1 Å². The molecule has 0 saturated carbocycles. The monoisotopic (exact) mass is 316 g/mol. The van der Waals surface area contributed by atoms with Crippen LogP contribution in [0.5, 0.6) is 0 Å². The summed E-state index contributed by atoms with van der Waals surface area (Å²) in [7, 11) is 0. The fraction of sp³-hybridized carbons (Fsp3) is 0.562. The number of piperidine rings is 1. The zero-order valence-corrected chi connectivity index (χ0v) is 12.6. The van der Waals surface area contributed by atoms with Gasteiger partial charge in [-0.25, -0.2) is 4.79 Å². The largest absolute Gasteiger partial charge is 0.462 e. The maximum atomic E-state index is 12.8. The minimum atomic E-state index is -4.34. The Morgan fingerprint density at radius 1 is 1.36 bits per heavy atom. The van der Waals surface area contributed by atoms with Crippen molar-refractivity contribution >= 4 is 5.97 Å². The first kappa shape index (κ1) is 16.8. The fourth-order valence-corrected chi connectivity index (χ4v) is 2.94. The van der Waals surface area contributed by atoms with Crippen LogP contribution in [0.25, 0.3) is 0 Å². The molecule has 0 aromatic heterocycles. The van der Waals surface area contributed by atoms with Gasteiger partial charge in [0.05, 0.1) is 18.7 Å². The highest BCUT2D eigenvalue weighted by atomic mass is 19.4. The number of benzene rings is 1. The van der Waals surface area contributed by atoms with Crippen LogP contribution in [0.3, 0.4) is 0 Å². The highest BCUT2D eigenvalue weighted by molar-refractivity contribution is 5.74. The quantitative estimate of drug-likeness (QED) is 0.864.